The Balaban J connectivity index is 1.43. The summed E-state index contributed by atoms with van der Waals surface area (Å²) in [6, 6.07) is 42.7. The minimum Gasteiger partial charge on any atom is -0.423 e. The van der Waals surface area contributed by atoms with Crippen molar-refractivity contribution in [3.05, 3.63) is 132 Å². The molecule has 0 atom stereocenters. The van der Waals surface area contributed by atoms with Crippen LogP contribution in [0.25, 0.3) is 22.3 Å². The lowest BCUT2D eigenvalue weighted by molar-refractivity contribution is 0.207. The van der Waals surface area contributed by atoms with Crippen LogP contribution >= 0.6 is 0 Å². The summed E-state index contributed by atoms with van der Waals surface area (Å²) in [7, 11) is -0.952. The van der Waals surface area contributed by atoms with Gasteiger partial charge in [-0.15, -0.1) is 0 Å². The first-order valence-corrected chi connectivity index (χ1v) is 14.0. The monoisotopic (exact) mass is 523 g/mol. The molecule has 40 heavy (non-hydrogen) atoms. The normalized spacial score (nSPS) is 13.2. The number of anilines is 3. The van der Waals surface area contributed by atoms with Crippen molar-refractivity contribution >= 4 is 29.6 Å². The zero-order chi connectivity index (χ0) is 27.9. The molecule has 1 aliphatic carbocycles. The van der Waals surface area contributed by atoms with Crippen LogP contribution in [0.15, 0.2) is 121 Å². The quantitative estimate of drug-likeness (QED) is 0.218. The molecule has 0 aromatic heterocycles. The van der Waals surface area contributed by atoms with Gasteiger partial charge in [0, 0.05) is 28.6 Å². The molecule has 4 heteroatoms. The van der Waals surface area contributed by atoms with E-state index in [2.05, 4.69) is 122 Å². The number of nitrogens with zero attached hydrogens (tertiary/aromatic N) is 1. The van der Waals surface area contributed by atoms with Gasteiger partial charge >= 0.3 is 7.12 Å². The van der Waals surface area contributed by atoms with Gasteiger partial charge in [-0.05, 0) is 89.1 Å². The van der Waals surface area contributed by atoms with Gasteiger partial charge in [-0.25, -0.2) is 0 Å². The molecule has 198 valence electrons. The molecule has 0 amide bonds. The largest absolute Gasteiger partial charge is 0.491 e. The Labute approximate surface area is 237 Å². The maximum absolute atomic E-state index is 10.5. The van der Waals surface area contributed by atoms with E-state index in [1.54, 1.807) is 0 Å². The fourth-order valence-electron chi connectivity index (χ4n) is 5.84. The summed E-state index contributed by atoms with van der Waals surface area (Å²) >= 11 is 0. The van der Waals surface area contributed by atoms with Crippen LogP contribution in [0.3, 0.4) is 0 Å². The van der Waals surface area contributed by atoms with Crippen molar-refractivity contribution in [2.24, 2.45) is 0 Å². The van der Waals surface area contributed by atoms with E-state index >= 15 is 0 Å². The molecule has 5 aromatic carbocycles. The highest BCUT2D eigenvalue weighted by molar-refractivity contribution is 6.60. The Kier molecular flexibility index (Phi) is 6.83. The highest BCUT2D eigenvalue weighted by atomic mass is 16.5. The van der Waals surface area contributed by atoms with Gasteiger partial charge in [0.2, 0.25) is 0 Å². The zero-order valence-electron chi connectivity index (χ0n) is 23.5. The zero-order valence-corrected chi connectivity index (χ0v) is 23.5. The number of rotatable bonds is 7. The third-order valence-electron chi connectivity index (χ3n) is 7.90. The number of hydrogen-bond acceptors (Lipinski definition) is 3. The maximum Gasteiger partial charge on any atom is 0.491 e. The van der Waals surface area contributed by atoms with E-state index in [0.29, 0.717) is 0 Å². The molecule has 0 bridgehead atoms. The molecular formula is C36H34BNO2. The number of hydrogen-bond donors (Lipinski definition) is 1. The molecule has 0 heterocycles. The van der Waals surface area contributed by atoms with Gasteiger partial charge in [0.1, 0.15) is 0 Å². The van der Waals surface area contributed by atoms with Gasteiger partial charge in [-0.1, -0.05) is 98.8 Å². The van der Waals surface area contributed by atoms with Crippen LogP contribution < -0.4 is 10.4 Å². The van der Waals surface area contributed by atoms with Crippen molar-refractivity contribution < 1.29 is 9.68 Å². The fraction of sp³-hybridized carbons (Fsp3) is 0.167. The minimum atomic E-state index is -0.952. The fourth-order valence-corrected chi connectivity index (χ4v) is 5.84. The molecule has 1 aliphatic rings. The smallest absolute Gasteiger partial charge is 0.423 e. The first-order chi connectivity index (χ1) is 19.3. The number of fused-ring (bicyclic) bond motifs is 3. The van der Waals surface area contributed by atoms with Crippen molar-refractivity contribution in [1.29, 1.82) is 0 Å². The molecule has 0 saturated heterocycles. The summed E-state index contributed by atoms with van der Waals surface area (Å²) in [6.45, 7) is 8.47. The summed E-state index contributed by atoms with van der Waals surface area (Å²) in [6.07, 6.45) is -0.0619. The second-order valence-electron chi connectivity index (χ2n) is 11.3. The van der Waals surface area contributed by atoms with Gasteiger partial charge in [0.25, 0.3) is 0 Å². The Morgan fingerprint density at radius 1 is 0.625 bits per heavy atom. The molecular weight excluding hydrogens is 489 g/mol. The summed E-state index contributed by atoms with van der Waals surface area (Å²) in [5.74, 6) is 0. The standard InChI is InChI=1S/C36H34BNO2/c1-25(2)40-37(39)28-16-20-30(21-17-28)38(29-18-14-27(15-19-29)26-10-6-5-7-11-26)31-22-23-33-32-12-8-9-13-34(32)36(3,4)35(33)24-31/h5-25,39H,1-4H3. The summed E-state index contributed by atoms with van der Waals surface area (Å²) in [5.41, 5.74) is 11.5. The van der Waals surface area contributed by atoms with Crippen LogP contribution in [0, 0.1) is 0 Å². The summed E-state index contributed by atoms with van der Waals surface area (Å²) < 4.78 is 5.61. The second kappa shape index (κ2) is 10.5. The van der Waals surface area contributed by atoms with Gasteiger partial charge in [0.05, 0.1) is 0 Å². The van der Waals surface area contributed by atoms with E-state index < -0.39 is 7.12 Å². The van der Waals surface area contributed by atoms with E-state index in [-0.39, 0.29) is 11.5 Å². The topological polar surface area (TPSA) is 32.7 Å². The van der Waals surface area contributed by atoms with Gasteiger partial charge in [-0.3, -0.25) is 0 Å². The van der Waals surface area contributed by atoms with E-state index in [1.807, 2.05) is 32.0 Å². The van der Waals surface area contributed by atoms with E-state index in [1.165, 1.54) is 33.4 Å². The Hall–Kier alpha value is -4.12. The van der Waals surface area contributed by atoms with E-state index in [4.69, 9.17) is 4.65 Å². The average Bonchev–Trinajstić information content (AvgIpc) is 3.20. The van der Waals surface area contributed by atoms with Crippen molar-refractivity contribution in [2.45, 2.75) is 39.2 Å². The Morgan fingerprint density at radius 2 is 1.18 bits per heavy atom. The molecule has 0 aliphatic heterocycles. The minimum absolute atomic E-state index is 0.0619. The predicted molar refractivity (Wildman–Crippen MR) is 168 cm³/mol. The van der Waals surface area contributed by atoms with Crippen LogP contribution in [0.1, 0.15) is 38.8 Å². The van der Waals surface area contributed by atoms with Crippen molar-refractivity contribution in [1.82, 2.24) is 0 Å². The van der Waals surface area contributed by atoms with Gasteiger partial charge < -0.3 is 14.6 Å². The van der Waals surface area contributed by atoms with E-state index in [9.17, 15) is 5.02 Å². The molecule has 0 fully saturated rings. The highest BCUT2D eigenvalue weighted by Gasteiger charge is 2.35. The van der Waals surface area contributed by atoms with Crippen LogP contribution in [-0.2, 0) is 10.1 Å². The molecule has 0 spiro atoms. The first kappa shape index (κ1) is 26.1. The molecule has 0 saturated carbocycles. The molecule has 0 unspecified atom stereocenters. The molecule has 5 aromatic rings. The highest BCUT2D eigenvalue weighted by Crippen LogP contribution is 2.50. The van der Waals surface area contributed by atoms with Crippen LogP contribution in [0.2, 0.25) is 0 Å². The van der Waals surface area contributed by atoms with Crippen molar-refractivity contribution in [3.8, 4) is 22.3 Å². The second-order valence-corrected chi connectivity index (χ2v) is 11.3. The van der Waals surface area contributed by atoms with Gasteiger partial charge in [0.15, 0.2) is 0 Å². The van der Waals surface area contributed by atoms with Crippen LogP contribution in [0.4, 0.5) is 17.1 Å². The molecule has 6 rings (SSSR count). The molecule has 0 radical (unpaired) electrons. The summed E-state index contributed by atoms with van der Waals surface area (Å²) in [4.78, 5) is 2.29. The van der Waals surface area contributed by atoms with Gasteiger partial charge in [-0.2, -0.15) is 0 Å². The van der Waals surface area contributed by atoms with Crippen molar-refractivity contribution in [3.63, 3.8) is 0 Å². The predicted octanol–water partition coefficient (Wildman–Crippen LogP) is 8.24. The lowest BCUT2D eigenvalue weighted by Gasteiger charge is -2.28. The third kappa shape index (κ3) is 4.74. The first-order valence-electron chi connectivity index (χ1n) is 14.0. The average molecular weight is 523 g/mol. The Morgan fingerprint density at radius 3 is 1.85 bits per heavy atom. The van der Waals surface area contributed by atoms with Crippen LogP contribution in [0.5, 0.6) is 0 Å². The lowest BCUT2D eigenvalue weighted by atomic mass is 9.79. The van der Waals surface area contributed by atoms with Crippen molar-refractivity contribution in [2.75, 3.05) is 4.90 Å². The molecule has 1 N–H and O–H groups in total. The SMILES string of the molecule is CC(C)OB(O)c1ccc(N(c2ccc(-c3ccccc3)cc2)c2ccc3c(c2)C(C)(C)c2ccccc2-3)cc1. The Bertz CT molecular complexity index is 1630. The van der Waals surface area contributed by atoms with E-state index in [0.717, 1.165) is 22.5 Å². The summed E-state index contributed by atoms with van der Waals surface area (Å²) in [5, 5.41) is 10.5. The third-order valence-corrected chi connectivity index (χ3v) is 7.90. The molecule has 3 nitrogen and oxygen atoms in total. The lowest BCUT2D eigenvalue weighted by Crippen LogP contribution is -2.35. The number of benzene rings is 5. The maximum atomic E-state index is 10.5. The van der Waals surface area contributed by atoms with Crippen LogP contribution in [-0.4, -0.2) is 18.2 Å².